The van der Waals surface area contributed by atoms with Gasteiger partial charge in [0.1, 0.15) is 23.5 Å². The molecule has 8 nitrogen and oxygen atoms in total. The topological polar surface area (TPSA) is 89.3 Å². The lowest BCUT2D eigenvalue weighted by Crippen LogP contribution is -2.39. The van der Waals surface area contributed by atoms with Crippen LogP contribution in [0, 0.1) is 5.92 Å². The summed E-state index contributed by atoms with van der Waals surface area (Å²) in [6.07, 6.45) is 2.18. The van der Waals surface area contributed by atoms with Gasteiger partial charge in [0.05, 0.1) is 26.6 Å². The first-order valence-corrected chi connectivity index (χ1v) is 10.5. The van der Waals surface area contributed by atoms with Crippen LogP contribution in [0.4, 0.5) is 0 Å². The Hall–Kier alpha value is -2.97. The van der Waals surface area contributed by atoms with Gasteiger partial charge in [0.15, 0.2) is 5.78 Å². The third kappa shape index (κ3) is 4.40. The van der Waals surface area contributed by atoms with Crippen molar-refractivity contribution in [1.82, 2.24) is 9.80 Å². The summed E-state index contributed by atoms with van der Waals surface area (Å²) in [5, 5.41) is 0. The second-order valence-corrected chi connectivity index (χ2v) is 7.70. The molecule has 0 spiro atoms. The fourth-order valence-electron chi connectivity index (χ4n) is 4.25. The number of furan rings is 1. The van der Waals surface area contributed by atoms with Crippen molar-refractivity contribution in [3.8, 4) is 5.75 Å². The average Bonchev–Trinajstić information content (AvgIpc) is 3.42. The Morgan fingerprint density at radius 2 is 1.94 bits per heavy atom. The van der Waals surface area contributed by atoms with Crippen molar-refractivity contribution >= 4 is 17.5 Å². The molecule has 0 saturated carbocycles. The van der Waals surface area contributed by atoms with Crippen molar-refractivity contribution in [2.24, 2.45) is 5.92 Å². The minimum Gasteiger partial charge on any atom is -0.497 e. The largest absolute Gasteiger partial charge is 0.497 e. The Balaban J connectivity index is 1.56. The second kappa shape index (κ2) is 9.45. The van der Waals surface area contributed by atoms with Crippen LogP contribution in [-0.4, -0.2) is 73.8 Å². The van der Waals surface area contributed by atoms with Crippen molar-refractivity contribution in [3.63, 3.8) is 0 Å². The molecule has 2 saturated heterocycles. The minimum absolute atomic E-state index is 0.331. The van der Waals surface area contributed by atoms with Crippen molar-refractivity contribution in [1.29, 1.82) is 0 Å². The number of rotatable bonds is 8. The van der Waals surface area contributed by atoms with Gasteiger partial charge in [-0.3, -0.25) is 19.3 Å². The first-order chi connectivity index (χ1) is 15.1. The van der Waals surface area contributed by atoms with E-state index >= 15 is 0 Å². The number of hydrogen-bond acceptors (Lipinski definition) is 7. The van der Waals surface area contributed by atoms with Crippen LogP contribution in [0.25, 0.3) is 0 Å². The van der Waals surface area contributed by atoms with Gasteiger partial charge < -0.3 is 18.8 Å². The highest BCUT2D eigenvalue weighted by Gasteiger charge is 2.52. The number of carbonyl (C=O) groups is 3. The van der Waals surface area contributed by atoms with Gasteiger partial charge in [0.2, 0.25) is 5.78 Å². The number of morpholine rings is 1. The maximum absolute atomic E-state index is 13.3. The van der Waals surface area contributed by atoms with E-state index in [1.165, 1.54) is 18.3 Å². The monoisotopic (exact) mass is 426 g/mol. The molecule has 1 aromatic carbocycles. The fourth-order valence-corrected chi connectivity index (χ4v) is 4.25. The Morgan fingerprint density at radius 3 is 2.65 bits per heavy atom. The van der Waals surface area contributed by atoms with Gasteiger partial charge in [-0.15, -0.1) is 0 Å². The third-order valence-corrected chi connectivity index (χ3v) is 5.85. The van der Waals surface area contributed by atoms with E-state index in [4.69, 9.17) is 13.9 Å². The maximum Gasteiger partial charge on any atom is 0.291 e. The number of likely N-dealkylation sites (tertiary alicyclic amines) is 1. The zero-order valence-corrected chi connectivity index (χ0v) is 17.5. The summed E-state index contributed by atoms with van der Waals surface area (Å²) in [5.41, 5.74) is 0.331. The van der Waals surface area contributed by atoms with Crippen LogP contribution in [-0.2, 0) is 14.3 Å². The van der Waals surface area contributed by atoms with E-state index in [2.05, 4.69) is 4.90 Å². The summed E-state index contributed by atoms with van der Waals surface area (Å²) in [7, 11) is 1.51. The molecule has 0 aliphatic carbocycles. The highest BCUT2D eigenvalue weighted by atomic mass is 16.5. The number of nitrogens with zero attached hydrogens (tertiary/aromatic N) is 2. The third-order valence-electron chi connectivity index (χ3n) is 5.85. The van der Waals surface area contributed by atoms with Gasteiger partial charge in [-0.1, -0.05) is 12.1 Å². The van der Waals surface area contributed by atoms with E-state index in [9.17, 15) is 14.4 Å². The molecule has 2 aromatic rings. The smallest absolute Gasteiger partial charge is 0.291 e. The molecule has 3 heterocycles. The van der Waals surface area contributed by atoms with Crippen molar-refractivity contribution in [2.45, 2.75) is 12.5 Å². The standard InChI is InChI=1S/C23H26N2O6/c1-29-17-6-2-5-16(15-17)21(26)19-20(18-7-3-12-31-18)25(23(28)22(19)27)9-4-8-24-10-13-30-14-11-24/h2-3,5-7,12,15,19-20H,4,8-11,13-14H2,1H3. The molecular formula is C23H26N2O6. The molecule has 2 aliphatic rings. The van der Waals surface area contributed by atoms with Crippen LogP contribution in [0.1, 0.15) is 28.6 Å². The maximum atomic E-state index is 13.3. The SMILES string of the molecule is COc1cccc(C(=O)C2C(=O)C(=O)N(CCCN3CCOCC3)C2c2ccco2)c1. The molecule has 0 N–H and O–H groups in total. The lowest BCUT2D eigenvalue weighted by Gasteiger charge is -2.29. The first-order valence-electron chi connectivity index (χ1n) is 10.5. The van der Waals surface area contributed by atoms with E-state index < -0.39 is 29.4 Å². The highest BCUT2D eigenvalue weighted by Crippen LogP contribution is 2.38. The lowest BCUT2D eigenvalue weighted by molar-refractivity contribution is -0.140. The molecule has 4 rings (SSSR count). The zero-order chi connectivity index (χ0) is 21.8. The molecule has 2 atom stereocenters. The van der Waals surface area contributed by atoms with E-state index in [0.717, 1.165) is 19.6 Å². The number of carbonyl (C=O) groups excluding carboxylic acids is 3. The van der Waals surface area contributed by atoms with E-state index in [0.29, 0.717) is 43.3 Å². The van der Waals surface area contributed by atoms with Crippen molar-refractivity contribution in [2.75, 3.05) is 46.5 Å². The van der Waals surface area contributed by atoms with Crippen molar-refractivity contribution in [3.05, 3.63) is 54.0 Å². The summed E-state index contributed by atoms with van der Waals surface area (Å²) >= 11 is 0. The predicted molar refractivity (Wildman–Crippen MR) is 111 cm³/mol. The van der Waals surface area contributed by atoms with E-state index in [1.807, 2.05) is 0 Å². The first kappa shape index (κ1) is 21.3. The molecule has 164 valence electrons. The van der Waals surface area contributed by atoms with E-state index in [1.54, 1.807) is 36.4 Å². The molecule has 0 bridgehead atoms. The van der Waals surface area contributed by atoms with Gasteiger partial charge >= 0.3 is 0 Å². The highest BCUT2D eigenvalue weighted by molar-refractivity contribution is 6.44. The quantitative estimate of drug-likeness (QED) is 0.362. The van der Waals surface area contributed by atoms with Crippen LogP contribution in [0.3, 0.4) is 0 Å². The summed E-state index contributed by atoms with van der Waals surface area (Å²) in [6.45, 7) is 4.27. The number of hydrogen-bond donors (Lipinski definition) is 0. The number of benzene rings is 1. The molecule has 1 amide bonds. The second-order valence-electron chi connectivity index (χ2n) is 7.70. The van der Waals surface area contributed by atoms with Crippen molar-refractivity contribution < 1.29 is 28.3 Å². The number of ether oxygens (including phenoxy) is 2. The summed E-state index contributed by atoms with van der Waals surface area (Å²) in [5.74, 6) is -1.93. The van der Waals surface area contributed by atoms with Gasteiger partial charge in [-0.05, 0) is 30.7 Å². The Morgan fingerprint density at radius 1 is 1.13 bits per heavy atom. The molecule has 8 heteroatoms. The minimum atomic E-state index is -1.14. The Kier molecular flexibility index (Phi) is 6.48. The summed E-state index contributed by atoms with van der Waals surface area (Å²) in [4.78, 5) is 42.9. The molecule has 2 fully saturated rings. The van der Waals surface area contributed by atoms with Crippen LogP contribution in [0.5, 0.6) is 5.75 Å². The van der Waals surface area contributed by atoms with Crippen LogP contribution >= 0.6 is 0 Å². The Labute approximate surface area is 180 Å². The van der Waals surface area contributed by atoms with Gasteiger partial charge in [0, 0.05) is 31.7 Å². The van der Waals surface area contributed by atoms with Crippen LogP contribution < -0.4 is 4.74 Å². The molecule has 2 unspecified atom stereocenters. The normalized spacial score (nSPS) is 22.2. The fraction of sp³-hybridized carbons (Fsp3) is 0.435. The predicted octanol–water partition coefficient (Wildman–Crippen LogP) is 1.96. The summed E-state index contributed by atoms with van der Waals surface area (Å²) in [6, 6.07) is 9.27. The van der Waals surface area contributed by atoms with E-state index in [-0.39, 0.29) is 0 Å². The summed E-state index contributed by atoms with van der Waals surface area (Å²) < 4.78 is 16.1. The molecule has 0 radical (unpaired) electrons. The van der Waals surface area contributed by atoms with Crippen LogP contribution in [0.15, 0.2) is 47.1 Å². The molecule has 1 aromatic heterocycles. The van der Waals surface area contributed by atoms with Crippen LogP contribution in [0.2, 0.25) is 0 Å². The Bertz CT molecular complexity index is 935. The molecular weight excluding hydrogens is 400 g/mol. The zero-order valence-electron chi connectivity index (χ0n) is 17.5. The van der Waals surface area contributed by atoms with Gasteiger partial charge in [-0.2, -0.15) is 0 Å². The molecule has 31 heavy (non-hydrogen) atoms. The lowest BCUT2D eigenvalue weighted by atomic mass is 9.88. The number of methoxy groups -OCH3 is 1. The number of amides is 1. The number of Topliss-reactive ketones (excluding diaryl/α,β-unsaturated/α-hetero) is 2. The molecule has 2 aliphatic heterocycles. The average molecular weight is 426 g/mol. The van der Waals surface area contributed by atoms with Gasteiger partial charge in [0.25, 0.3) is 5.91 Å². The number of ketones is 2. The van der Waals surface area contributed by atoms with Gasteiger partial charge in [-0.25, -0.2) is 0 Å².